The van der Waals surface area contributed by atoms with Crippen LogP contribution in [-0.4, -0.2) is 6.71 Å². The molecule has 0 fully saturated rings. The zero-order valence-electron chi connectivity index (χ0n) is 36.2. The van der Waals surface area contributed by atoms with Crippen molar-refractivity contribution < 1.29 is 4.42 Å². The number of hydrogen-bond acceptors (Lipinski definition) is 4. The van der Waals surface area contributed by atoms with E-state index in [-0.39, 0.29) is 17.5 Å². The van der Waals surface area contributed by atoms with Crippen molar-refractivity contribution in [3.8, 4) is 0 Å². The summed E-state index contributed by atoms with van der Waals surface area (Å²) < 4.78 is 7.26. The van der Waals surface area contributed by atoms with Gasteiger partial charge in [0.1, 0.15) is 5.76 Å². The predicted molar refractivity (Wildman–Crippen MR) is 259 cm³/mol. The smallest absolute Gasteiger partial charge is 0.297 e. The summed E-state index contributed by atoms with van der Waals surface area (Å²) in [7, 11) is 0. The summed E-state index contributed by atoms with van der Waals surface area (Å²) in [4.78, 5) is 7.53. The fourth-order valence-corrected chi connectivity index (χ4v) is 10.2. The molecule has 3 heterocycles. The molecule has 0 atom stereocenters. The van der Waals surface area contributed by atoms with E-state index in [4.69, 9.17) is 4.42 Å². The van der Waals surface area contributed by atoms with Crippen LogP contribution in [0, 0.1) is 0 Å². The third kappa shape index (κ3) is 6.11. The van der Waals surface area contributed by atoms with Gasteiger partial charge in [-0.2, -0.15) is 0 Å². The molecule has 3 aliphatic rings. The van der Waals surface area contributed by atoms with Crippen molar-refractivity contribution in [2.24, 2.45) is 0 Å². The number of nitrogens with zero attached hydrogens (tertiary/aromatic N) is 3. The molecule has 5 heteroatoms. The number of rotatable bonds is 5. The normalized spacial score (nSPS) is 14.4. The van der Waals surface area contributed by atoms with Gasteiger partial charge in [0.05, 0.1) is 17.0 Å². The average molecular weight is 794 g/mol. The lowest BCUT2D eigenvalue weighted by Gasteiger charge is -2.44. The van der Waals surface area contributed by atoms with Gasteiger partial charge in [0.15, 0.2) is 0 Å². The Kier molecular flexibility index (Phi) is 8.65. The third-order valence-electron chi connectivity index (χ3n) is 13.3. The minimum Gasteiger partial charge on any atom is -0.473 e. The number of benzene rings is 7. The number of para-hydroxylation sites is 2. The molecule has 4 nitrogen and oxygen atoms in total. The van der Waals surface area contributed by atoms with Gasteiger partial charge in [0, 0.05) is 57.2 Å². The quantitative estimate of drug-likeness (QED) is 0.162. The van der Waals surface area contributed by atoms with E-state index in [2.05, 4.69) is 214 Å². The molecule has 8 aromatic rings. The van der Waals surface area contributed by atoms with Crippen LogP contribution < -0.4 is 31.3 Å². The van der Waals surface area contributed by atoms with Gasteiger partial charge in [-0.25, -0.2) is 0 Å². The first-order valence-electron chi connectivity index (χ1n) is 22.1. The SMILES string of the molecule is CC(C)(C)c1ccc(N(c2ccc3c(c2)N(c2ccccc2)c2cc(C(C)(C)C)cc4c2B3c2oc3c(c2N4c2ccccc2)CCCC3)c2cccc3ccccc23)cc1. The fourth-order valence-electron chi connectivity index (χ4n) is 10.2. The fraction of sp³-hybridized carbons (Fsp3) is 0.214. The largest absolute Gasteiger partial charge is 0.473 e. The Bertz CT molecular complexity index is 2950. The number of anilines is 9. The third-order valence-corrected chi connectivity index (χ3v) is 13.3. The Labute approximate surface area is 361 Å². The van der Waals surface area contributed by atoms with Crippen molar-refractivity contribution in [2.45, 2.75) is 78.1 Å². The van der Waals surface area contributed by atoms with E-state index >= 15 is 0 Å². The summed E-state index contributed by atoms with van der Waals surface area (Å²) in [6, 6.07) is 58.7. The second-order valence-electron chi connectivity index (χ2n) is 19.3. The molecule has 0 spiro atoms. The van der Waals surface area contributed by atoms with Crippen molar-refractivity contribution in [1.29, 1.82) is 0 Å². The Morgan fingerprint density at radius 2 is 1.15 bits per heavy atom. The average Bonchev–Trinajstić information content (AvgIpc) is 3.66. The summed E-state index contributed by atoms with van der Waals surface area (Å²) in [5.74, 6) is 1.16. The highest BCUT2D eigenvalue weighted by Crippen LogP contribution is 2.50. The van der Waals surface area contributed by atoms with Gasteiger partial charge in [0.25, 0.3) is 6.71 Å². The maximum atomic E-state index is 7.26. The van der Waals surface area contributed by atoms with Gasteiger partial charge in [-0.1, -0.05) is 133 Å². The second-order valence-corrected chi connectivity index (χ2v) is 19.3. The van der Waals surface area contributed by atoms with Gasteiger partial charge in [-0.05, 0) is 124 Å². The first kappa shape index (κ1) is 37.5. The Hall–Kier alpha value is -6.46. The van der Waals surface area contributed by atoms with E-state index in [0.717, 1.165) is 53.4 Å². The van der Waals surface area contributed by atoms with Crippen LogP contribution in [0.3, 0.4) is 0 Å². The summed E-state index contributed by atoms with van der Waals surface area (Å²) in [5, 5.41) is 2.43. The first-order chi connectivity index (χ1) is 29.5. The number of furan rings is 1. The molecule has 2 aliphatic heterocycles. The molecule has 61 heavy (non-hydrogen) atoms. The maximum Gasteiger partial charge on any atom is 0.297 e. The monoisotopic (exact) mass is 793 g/mol. The van der Waals surface area contributed by atoms with E-state index in [0.29, 0.717) is 0 Å². The molecular weight excluding hydrogens is 741 g/mol. The van der Waals surface area contributed by atoms with Gasteiger partial charge < -0.3 is 19.1 Å². The highest BCUT2D eigenvalue weighted by Gasteiger charge is 2.48. The van der Waals surface area contributed by atoms with E-state index < -0.39 is 0 Å². The highest BCUT2D eigenvalue weighted by molar-refractivity contribution is 6.99. The minimum atomic E-state index is -0.103. The van der Waals surface area contributed by atoms with Crippen LogP contribution in [0.1, 0.15) is 76.8 Å². The zero-order chi connectivity index (χ0) is 41.6. The van der Waals surface area contributed by atoms with Gasteiger partial charge in [-0.15, -0.1) is 0 Å². The lowest BCUT2D eigenvalue weighted by Crippen LogP contribution is -2.61. The number of hydrogen-bond donors (Lipinski definition) is 0. The van der Waals surface area contributed by atoms with Crippen molar-refractivity contribution in [1.82, 2.24) is 0 Å². The van der Waals surface area contributed by atoms with Crippen LogP contribution in [0.25, 0.3) is 10.8 Å². The van der Waals surface area contributed by atoms with Gasteiger partial charge >= 0.3 is 0 Å². The molecule has 0 radical (unpaired) electrons. The van der Waals surface area contributed by atoms with Crippen LogP contribution in [0.4, 0.5) is 51.2 Å². The van der Waals surface area contributed by atoms with Crippen LogP contribution >= 0.6 is 0 Å². The van der Waals surface area contributed by atoms with Crippen LogP contribution in [-0.2, 0) is 23.7 Å². The molecule has 0 unspecified atom stereocenters. The Balaban J connectivity index is 1.21. The molecular formula is C56H52BN3O. The molecule has 1 aliphatic carbocycles. The topological polar surface area (TPSA) is 22.9 Å². The Morgan fingerprint density at radius 3 is 1.85 bits per heavy atom. The van der Waals surface area contributed by atoms with Crippen LogP contribution in [0.15, 0.2) is 162 Å². The standard InChI is InChI=1S/C56H52BN3O/c1-55(2,3)38-28-30-42(31-29-38)58(47-26-17-19-37-18-13-14-24-44(37)47)43-32-33-46-48(36-43)59(40-20-9-7-10-21-40)49-34-39(56(4,5)6)35-50-52(49)57(46)54-53(45-25-15-16-27-51(45)61-54)60(50)41-22-11-8-12-23-41/h7-14,17-24,26,28-36H,15-16,25,27H2,1-6H3. The molecule has 300 valence electrons. The first-order valence-corrected chi connectivity index (χ1v) is 22.1. The lowest BCUT2D eigenvalue weighted by molar-refractivity contribution is 0.497. The zero-order valence-corrected chi connectivity index (χ0v) is 36.2. The van der Waals surface area contributed by atoms with E-state index in [9.17, 15) is 0 Å². The van der Waals surface area contributed by atoms with E-state index in [1.165, 1.54) is 73.2 Å². The summed E-state index contributed by atoms with van der Waals surface area (Å²) in [6.45, 7) is 13.8. The van der Waals surface area contributed by atoms with E-state index in [1.54, 1.807) is 0 Å². The molecule has 7 aromatic carbocycles. The van der Waals surface area contributed by atoms with Crippen molar-refractivity contribution in [3.05, 3.63) is 180 Å². The van der Waals surface area contributed by atoms with Crippen LogP contribution in [0.2, 0.25) is 0 Å². The van der Waals surface area contributed by atoms with Gasteiger partial charge in [-0.3, -0.25) is 0 Å². The van der Waals surface area contributed by atoms with Gasteiger partial charge in [0.2, 0.25) is 0 Å². The lowest BCUT2D eigenvalue weighted by atomic mass is 9.35. The summed E-state index contributed by atoms with van der Waals surface area (Å²) >= 11 is 0. The van der Waals surface area contributed by atoms with Crippen LogP contribution in [0.5, 0.6) is 0 Å². The number of fused-ring (bicyclic) bond motifs is 7. The second kappa shape index (κ2) is 14.1. The van der Waals surface area contributed by atoms with E-state index in [1.807, 2.05) is 0 Å². The summed E-state index contributed by atoms with van der Waals surface area (Å²) in [6.07, 6.45) is 4.34. The predicted octanol–water partition coefficient (Wildman–Crippen LogP) is 13.5. The molecule has 0 N–H and O–H groups in total. The van der Waals surface area contributed by atoms with Crippen molar-refractivity contribution in [3.63, 3.8) is 0 Å². The molecule has 11 rings (SSSR count). The molecule has 1 aromatic heterocycles. The Morgan fingerprint density at radius 1 is 0.541 bits per heavy atom. The molecule has 0 saturated carbocycles. The molecule has 0 bridgehead atoms. The number of aryl methyl sites for hydroxylation is 1. The maximum absolute atomic E-state index is 7.26. The highest BCUT2D eigenvalue weighted by atomic mass is 16.3. The summed E-state index contributed by atoms with van der Waals surface area (Å²) in [5.41, 5.74) is 18.1. The van der Waals surface area contributed by atoms with Crippen molar-refractivity contribution in [2.75, 3.05) is 14.7 Å². The minimum absolute atomic E-state index is 0.0446. The van der Waals surface area contributed by atoms with Crippen molar-refractivity contribution >= 4 is 85.3 Å². The molecule has 0 saturated heterocycles. The molecule has 0 amide bonds.